The van der Waals surface area contributed by atoms with Crippen molar-refractivity contribution in [1.29, 1.82) is 0 Å². The number of carbonyl (C=O) groups is 2. The maximum Gasteiger partial charge on any atom is 0.237 e. The fourth-order valence-electron chi connectivity index (χ4n) is 4.26. The van der Waals surface area contributed by atoms with E-state index in [9.17, 15) is 9.59 Å². The van der Waals surface area contributed by atoms with Crippen molar-refractivity contribution >= 4 is 11.8 Å². The molecule has 1 aliphatic carbocycles. The Balaban J connectivity index is 1.54. The maximum atomic E-state index is 12.4. The van der Waals surface area contributed by atoms with Gasteiger partial charge in [0.25, 0.3) is 0 Å². The molecule has 24 heavy (non-hydrogen) atoms. The lowest BCUT2D eigenvalue weighted by atomic mass is 9.94. The van der Waals surface area contributed by atoms with E-state index in [1.54, 1.807) is 0 Å². The zero-order chi connectivity index (χ0) is 17.0. The van der Waals surface area contributed by atoms with Crippen LogP contribution in [0.4, 0.5) is 0 Å². The fraction of sp³-hybridized carbons (Fsp3) is 0.882. The minimum absolute atomic E-state index is 0.0246. The van der Waals surface area contributed by atoms with Gasteiger partial charge in [-0.3, -0.25) is 19.4 Å². The number of carbonyl (C=O) groups excluding carboxylic acids is 2. The van der Waals surface area contributed by atoms with Gasteiger partial charge in [-0.1, -0.05) is 12.8 Å². The second-order valence-electron chi connectivity index (χ2n) is 7.30. The van der Waals surface area contributed by atoms with Crippen LogP contribution in [0.15, 0.2) is 0 Å². The molecule has 3 aliphatic rings. The van der Waals surface area contributed by atoms with Crippen LogP contribution in [0.3, 0.4) is 0 Å². The number of nitrogens with zero attached hydrogens (tertiary/aromatic N) is 2. The Kier molecular flexibility index (Phi) is 5.73. The Morgan fingerprint density at radius 1 is 1.29 bits per heavy atom. The molecule has 2 aliphatic heterocycles. The van der Waals surface area contributed by atoms with Crippen molar-refractivity contribution < 1.29 is 14.3 Å². The molecule has 0 aromatic heterocycles. The molecule has 0 aromatic carbocycles. The molecule has 1 saturated carbocycles. The van der Waals surface area contributed by atoms with E-state index in [1.165, 1.54) is 12.8 Å². The van der Waals surface area contributed by atoms with Crippen molar-refractivity contribution in [3.05, 3.63) is 0 Å². The van der Waals surface area contributed by atoms with Gasteiger partial charge in [-0.15, -0.1) is 0 Å². The third kappa shape index (κ3) is 3.90. The molecule has 0 spiro atoms. The normalized spacial score (nSPS) is 28.5. The van der Waals surface area contributed by atoms with Gasteiger partial charge in [0.1, 0.15) is 0 Å². The molecular weight excluding hydrogens is 308 g/mol. The summed E-state index contributed by atoms with van der Waals surface area (Å²) in [5.41, 5.74) is 0.0835. The molecule has 2 amide bonds. The van der Waals surface area contributed by atoms with Crippen LogP contribution in [-0.4, -0.2) is 86.2 Å². The minimum Gasteiger partial charge on any atom is -0.379 e. The van der Waals surface area contributed by atoms with Crippen molar-refractivity contribution in [2.75, 3.05) is 53.0 Å². The van der Waals surface area contributed by atoms with Gasteiger partial charge in [-0.2, -0.15) is 0 Å². The molecule has 3 fully saturated rings. The van der Waals surface area contributed by atoms with E-state index in [0.29, 0.717) is 13.1 Å². The topological polar surface area (TPSA) is 73.9 Å². The highest BCUT2D eigenvalue weighted by Crippen LogP contribution is 2.35. The van der Waals surface area contributed by atoms with Crippen LogP contribution in [0.1, 0.15) is 32.1 Å². The van der Waals surface area contributed by atoms with Crippen LogP contribution >= 0.6 is 0 Å². The number of nitrogens with one attached hydrogen (secondary N) is 2. The van der Waals surface area contributed by atoms with E-state index in [0.717, 1.165) is 45.7 Å². The Bertz CT molecular complexity index is 459. The van der Waals surface area contributed by atoms with E-state index < -0.39 is 0 Å². The van der Waals surface area contributed by atoms with Crippen LogP contribution in [0.5, 0.6) is 0 Å². The van der Waals surface area contributed by atoms with Crippen LogP contribution in [0.2, 0.25) is 0 Å². The average molecular weight is 338 g/mol. The lowest BCUT2D eigenvalue weighted by Gasteiger charge is -2.43. The van der Waals surface area contributed by atoms with Crippen molar-refractivity contribution in [2.24, 2.45) is 0 Å². The predicted molar refractivity (Wildman–Crippen MR) is 90.6 cm³/mol. The first-order valence-electron chi connectivity index (χ1n) is 9.18. The Morgan fingerprint density at radius 3 is 2.67 bits per heavy atom. The van der Waals surface area contributed by atoms with Crippen molar-refractivity contribution in [3.63, 3.8) is 0 Å². The average Bonchev–Trinajstić information content (AvgIpc) is 3.08. The summed E-state index contributed by atoms with van der Waals surface area (Å²) in [6.07, 6.45) is 4.96. The highest BCUT2D eigenvalue weighted by Gasteiger charge is 2.40. The number of hydrogen-bond donors (Lipinski definition) is 2. The number of ether oxygens (including phenoxy) is 1. The number of likely N-dealkylation sites (N-methyl/N-ethyl adjacent to an activating group) is 1. The molecule has 0 radical (unpaired) electrons. The Morgan fingerprint density at radius 2 is 2.00 bits per heavy atom. The molecule has 0 bridgehead atoms. The van der Waals surface area contributed by atoms with Crippen LogP contribution in [0, 0.1) is 0 Å². The van der Waals surface area contributed by atoms with Gasteiger partial charge >= 0.3 is 0 Å². The Hall–Kier alpha value is -1.18. The minimum atomic E-state index is -0.346. The maximum absolute atomic E-state index is 12.4. The number of amides is 2. The highest BCUT2D eigenvalue weighted by molar-refractivity contribution is 5.88. The monoisotopic (exact) mass is 338 g/mol. The summed E-state index contributed by atoms with van der Waals surface area (Å²) < 4.78 is 5.48. The van der Waals surface area contributed by atoms with E-state index in [1.807, 2.05) is 11.9 Å². The third-order valence-corrected chi connectivity index (χ3v) is 5.81. The third-order valence-electron chi connectivity index (χ3n) is 5.81. The summed E-state index contributed by atoms with van der Waals surface area (Å²) >= 11 is 0. The molecule has 2 N–H and O–H groups in total. The Labute approximate surface area is 144 Å². The van der Waals surface area contributed by atoms with Crippen LogP contribution in [-0.2, 0) is 14.3 Å². The van der Waals surface area contributed by atoms with E-state index >= 15 is 0 Å². The first-order chi connectivity index (χ1) is 11.6. The number of hydrogen-bond acceptors (Lipinski definition) is 5. The van der Waals surface area contributed by atoms with E-state index in [2.05, 4.69) is 15.5 Å². The first-order valence-corrected chi connectivity index (χ1v) is 9.18. The second kappa shape index (κ2) is 7.80. The zero-order valence-corrected chi connectivity index (χ0v) is 14.7. The molecule has 1 unspecified atom stereocenters. The first kappa shape index (κ1) is 17.6. The van der Waals surface area contributed by atoms with Crippen LogP contribution < -0.4 is 10.6 Å². The second-order valence-corrected chi connectivity index (χ2v) is 7.30. The van der Waals surface area contributed by atoms with Crippen molar-refractivity contribution in [3.8, 4) is 0 Å². The molecule has 0 aromatic rings. The van der Waals surface area contributed by atoms with Crippen molar-refractivity contribution in [1.82, 2.24) is 20.4 Å². The summed E-state index contributed by atoms with van der Waals surface area (Å²) in [6.45, 7) is 5.59. The zero-order valence-electron chi connectivity index (χ0n) is 14.7. The van der Waals surface area contributed by atoms with Gasteiger partial charge in [0.15, 0.2) is 0 Å². The smallest absolute Gasteiger partial charge is 0.237 e. The molecule has 1 atom stereocenters. The molecular formula is C17H30N4O3. The molecule has 2 saturated heterocycles. The molecule has 7 heteroatoms. The van der Waals surface area contributed by atoms with Gasteiger partial charge < -0.3 is 15.4 Å². The summed E-state index contributed by atoms with van der Waals surface area (Å²) in [6, 6.07) is -0.346. The van der Waals surface area contributed by atoms with Gasteiger partial charge in [-0.05, 0) is 19.9 Å². The predicted octanol–water partition coefficient (Wildman–Crippen LogP) is -0.432. The SMILES string of the molecule is CN1CCNC(=O)C1CC(=O)NCC1(N2CCOCC2)CCCC1. The van der Waals surface area contributed by atoms with E-state index in [-0.39, 0.29) is 29.8 Å². The van der Waals surface area contributed by atoms with Gasteiger partial charge in [0.05, 0.1) is 25.7 Å². The molecule has 3 rings (SSSR count). The van der Waals surface area contributed by atoms with Gasteiger partial charge in [-0.25, -0.2) is 0 Å². The summed E-state index contributed by atoms with van der Waals surface area (Å²) in [5.74, 6) is -0.0638. The van der Waals surface area contributed by atoms with Gasteiger partial charge in [0, 0.05) is 38.3 Å². The van der Waals surface area contributed by atoms with Gasteiger partial charge in [0.2, 0.25) is 11.8 Å². The number of piperazine rings is 1. The standard InChI is InChI=1S/C17H30N4O3/c1-20-7-6-18-16(23)14(20)12-15(22)19-13-17(4-2-3-5-17)21-8-10-24-11-9-21/h14H,2-13H2,1H3,(H,18,23)(H,19,22). The summed E-state index contributed by atoms with van der Waals surface area (Å²) in [4.78, 5) is 28.8. The number of morpholine rings is 1. The van der Waals surface area contributed by atoms with E-state index in [4.69, 9.17) is 4.74 Å². The fourth-order valence-corrected chi connectivity index (χ4v) is 4.26. The molecule has 136 valence electrons. The molecule has 2 heterocycles. The van der Waals surface area contributed by atoms with Crippen molar-refractivity contribution in [2.45, 2.75) is 43.7 Å². The highest BCUT2D eigenvalue weighted by atomic mass is 16.5. The lowest BCUT2D eigenvalue weighted by Crippen LogP contribution is -2.58. The summed E-state index contributed by atoms with van der Waals surface area (Å²) in [5, 5.41) is 5.96. The quantitative estimate of drug-likeness (QED) is 0.711. The largest absolute Gasteiger partial charge is 0.379 e. The number of rotatable bonds is 5. The summed E-state index contributed by atoms with van der Waals surface area (Å²) in [7, 11) is 1.91. The van der Waals surface area contributed by atoms with Crippen LogP contribution in [0.25, 0.3) is 0 Å². The lowest BCUT2D eigenvalue weighted by molar-refractivity contribution is -0.133. The molecule has 7 nitrogen and oxygen atoms in total.